The van der Waals surface area contributed by atoms with Gasteiger partial charge >= 0.3 is 0 Å². The molecular weight excluding hydrogens is 206 g/mol. The van der Waals surface area contributed by atoms with E-state index in [4.69, 9.17) is 4.74 Å². The van der Waals surface area contributed by atoms with Gasteiger partial charge in [0.15, 0.2) is 0 Å². The van der Waals surface area contributed by atoms with Gasteiger partial charge in [0.2, 0.25) is 0 Å². The summed E-state index contributed by atoms with van der Waals surface area (Å²) in [5.41, 5.74) is 1.23. The second-order valence-electron chi connectivity index (χ2n) is 3.82. The molecule has 1 aromatic carbocycles. The summed E-state index contributed by atoms with van der Waals surface area (Å²) in [6.07, 6.45) is 3.53. The van der Waals surface area contributed by atoms with Crippen LogP contribution in [0.2, 0.25) is 0 Å². The molecule has 1 aliphatic heterocycles. The first-order valence-corrected chi connectivity index (χ1v) is 6.55. The van der Waals surface area contributed by atoms with Crippen LogP contribution < -0.4 is 5.32 Å². The lowest BCUT2D eigenvalue weighted by molar-refractivity contribution is 0.121. The van der Waals surface area contributed by atoms with Gasteiger partial charge in [0, 0.05) is 17.2 Å². The highest BCUT2D eigenvalue weighted by Crippen LogP contribution is 2.27. The van der Waals surface area contributed by atoms with Crippen LogP contribution in [-0.2, 0) is 4.74 Å². The van der Waals surface area contributed by atoms with Crippen molar-refractivity contribution in [1.82, 2.24) is 0 Å². The standard InChI is InChI=1S/C12H17NOS/c1-9-10(7-8-14-9)13-11-5-3-4-6-12(11)15-2/h3-6,9-10,13H,7-8H2,1-2H3/t9-,10+/m0/s1. The normalized spacial score (nSPS) is 25.5. The predicted octanol–water partition coefficient (Wildman–Crippen LogP) is 3.00. The van der Waals surface area contributed by atoms with E-state index in [0.29, 0.717) is 12.1 Å². The number of para-hydroxylation sites is 1. The fraction of sp³-hybridized carbons (Fsp3) is 0.500. The number of ether oxygens (including phenoxy) is 1. The van der Waals surface area contributed by atoms with Crippen molar-refractivity contribution in [3.8, 4) is 0 Å². The number of rotatable bonds is 3. The van der Waals surface area contributed by atoms with E-state index in [2.05, 4.69) is 42.8 Å². The first-order valence-electron chi connectivity index (χ1n) is 5.32. The average Bonchev–Trinajstić information content (AvgIpc) is 2.65. The van der Waals surface area contributed by atoms with E-state index in [1.807, 2.05) is 0 Å². The maximum Gasteiger partial charge on any atom is 0.0748 e. The van der Waals surface area contributed by atoms with E-state index in [1.54, 1.807) is 11.8 Å². The first kappa shape index (κ1) is 10.8. The summed E-state index contributed by atoms with van der Waals surface area (Å²) in [6.45, 7) is 3.01. The Morgan fingerprint density at radius 3 is 2.87 bits per heavy atom. The molecule has 1 N–H and O–H groups in total. The van der Waals surface area contributed by atoms with Crippen molar-refractivity contribution < 1.29 is 4.74 Å². The summed E-state index contributed by atoms with van der Waals surface area (Å²) in [4.78, 5) is 1.30. The van der Waals surface area contributed by atoms with E-state index < -0.39 is 0 Å². The number of nitrogens with one attached hydrogen (secondary N) is 1. The van der Waals surface area contributed by atoms with Crippen molar-refractivity contribution in [3.63, 3.8) is 0 Å². The summed E-state index contributed by atoms with van der Waals surface area (Å²) >= 11 is 1.78. The molecule has 0 aliphatic carbocycles. The van der Waals surface area contributed by atoms with Crippen LogP contribution in [0.5, 0.6) is 0 Å². The highest BCUT2D eigenvalue weighted by atomic mass is 32.2. The molecule has 82 valence electrons. The molecule has 15 heavy (non-hydrogen) atoms. The maximum atomic E-state index is 5.54. The minimum Gasteiger partial charge on any atom is -0.379 e. The highest BCUT2D eigenvalue weighted by molar-refractivity contribution is 7.98. The molecule has 0 amide bonds. The van der Waals surface area contributed by atoms with Gasteiger partial charge < -0.3 is 10.1 Å². The summed E-state index contributed by atoms with van der Waals surface area (Å²) in [5.74, 6) is 0. The monoisotopic (exact) mass is 223 g/mol. The van der Waals surface area contributed by atoms with Crippen LogP contribution in [0, 0.1) is 0 Å². The van der Waals surface area contributed by atoms with Crippen molar-refractivity contribution in [2.75, 3.05) is 18.2 Å². The van der Waals surface area contributed by atoms with E-state index in [-0.39, 0.29) is 0 Å². The molecule has 2 atom stereocenters. The number of anilines is 1. The van der Waals surface area contributed by atoms with Crippen LogP contribution in [0.4, 0.5) is 5.69 Å². The van der Waals surface area contributed by atoms with Crippen molar-refractivity contribution in [1.29, 1.82) is 0 Å². The van der Waals surface area contributed by atoms with Crippen molar-refractivity contribution >= 4 is 17.4 Å². The molecule has 2 nitrogen and oxygen atoms in total. The molecule has 1 aromatic rings. The van der Waals surface area contributed by atoms with Gasteiger partial charge in [-0.2, -0.15) is 0 Å². The highest BCUT2D eigenvalue weighted by Gasteiger charge is 2.24. The Hall–Kier alpha value is -0.670. The first-order chi connectivity index (χ1) is 7.31. The number of benzene rings is 1. The van der Waals surface area contributed by atoms with Gasteiger partial charge in [0.05, 0.1) is 12.1 Å². The summed E-state index contributed by atoms with van der Waals surface area (Å²) in [6, 6.07) is 8.89. The Morgan fingerprint density at radius 2 is 2.20 bits per heavy atom. The van der Waals surface area contributed by atoms with Crippen LogP contribution >= 0.6 is 11.8 Å². The Bertz CT molecular complexity index is 329. The molecular formula is C12H17NOS. The molecule has 2 rings (SSSR count). The summed E-state index contributed by atoms with van der Waals surface area (Å²) < 4.78 is 5.54. The lowest BCUT2D eigenvalue weighted by atomic mass is 10.1. The molecule has 0 aromatic heterocycles. The predicted molar refractivity (Wildman–Crippen MR) is 65.7 cm³/mol. The van der Waals surface area contributed by atoms with Crippen LogP contribution in [0.15, 0.2) is 29.2 Å². The zero-order valence-corrected chi connectivity index (χ0v) is 10.0. The van der Waals surface area contributed by atoms with Gasteiger partial charge in [-0.25, -0.2) is 0 Å². The molecule has 0 spiro atoms. The van der Waals surface area contributed by atoms with Crippen LogP contribution in [0.25, 0.3) is 0 Å². The van der Waals surface area contributed by atoms with E-state index in [0.717, 1.165) is 13.0 Å². The molecule has 0 bridgehead atoms. The molecule has 1 aliphatic rings. The lowest BCUT2D eigenvalue weighted by Gasteiger charge is -2.19. The number of hydrogen-bond donors (Lipinski definition) is 1. The zero-order chi connectivity index (χ0) is 10.7. The molecule has 1 saturated heterocycles. The van der Waals surface area contributed by atoms with Gasteiger partial charge in [-0.3, -0.25) is 0 Å². The molecule has 3 heteroatoms. The van der Waals surface area contributed by atoms with Crippen molar-refractivity contribution in [2.45, 2.75) is 30.4 Å². The van der Waals surface area contributed by atoms with E-state index in [9.17, 15) is 0 Å². The molecule has 0 radical (unpaired) electrons. The maximum absolute atomic E-state index is 5.54. The molecule has 1 fully saturated rings. The summed E-state index contributed by atoms with van der Waals surface area (Å²) in [5, 5.41) is 3.56. The quantitative estimate of drug-likeness (QED) is 0.796. The largest absolute Gasteiger partial charge is 0.379 e. The average molecular weight is 223 g/mol. The Balaban J connectivity index is 2.09. The van der Waals surface area contributed by atoms with E-state index in [1.165, 1.54) is 10.6 Å². The van der Waals surface area contributed by atoms with E-state index >= 15 is 0 Å². The second-order valence-corrected chi connectivity index (χ2v) is 4.66. The van der Waals surface area contributed by atoms with Gasteiger partial charge in [-0.15, -0.1) is 11.8 Å². The van der Waals surface area contributed by atoms with Crippen molar-refractivity contribution in [2.24, 2.45) is 0 Å². The van der Waals surface area contributed by atoms with Crippen LogP contribution in [0.3, 0.4) is 0 Å². The van der Waals surface area contributed by atoms with Gasteiger partial charge in [-0.1, -0.05) is 12.1 Å². The zero-order valence-electron chi connectivity index (χ0n) is 9.19. The fourth-order valence-corrected chi connectivity index (χ4v) is 2.45. The third-order valence-electron chi connectivity index (χ3n) is 2.82. The third kappa shape index (κ3) is 2.47. The number of hydrogen-bond acceptors (Lipinski definition) is 3. The topological polar surface area (TPSA) is 21.3 Å². The van der Waals surface area contributed by atoms with Gasteiger partial charge in [0.25, 0.3) is 0 Å². The van der Waals surface area contributed by atoms with Crippen molar-refractivity contribution in [3.05, 3.63) is 24.3 Å². The van der Waals surface area contributed by atoms with Gasteiger partial charge in [0.1, 0.15) is 0 Å². The number of thioether (sulfide) groups is 1. The molecule has 1 heterocycles. The van der Waals surface area contributed by atoms with Gasteiger partial charge in [-0.05, 0) is 31.7 Å². The fourth-order valence-electron chi connectivity index (χ4n) is 1.88. The second kappa shape index (κ2) is 4.90. The molecule has 0 unspecified atom stereocenters. The smallest absolute Gasteiger partial charge is 0.0748 e. The third-order valence-corrected chi connectivity index (χ3v) is 3.62. The van der Waals surface area contributed by atoms with Crippen LogP contribution in [0.1, 0.15) is 13.3 Å². The van der Waals surface area contributed by atoms with Crippen LogP contribution in [-0.4, -0.2) is 25.0 Å². The lowest BCUT2D eigenvalue weighted by Crippen LogP contribution is -2.26. The SMILES string of the molecule is CSc1ccccc1N[C@@H]1CCO[C@H]1C. The minimum absolute atomic E-state index is 0.319. The Morgan fingerprint density at radius 1 is 1.40 bits per heavy atom. The Labute approximate surface area is 95.4 Å². The summed E-state index contributed by atoms with van der Waals surface area (Å²) in [7, 11) is 0. The Kier molecular flexibility index (Phi) is 3.54. The minimum atomic E-state index is 0.319. The molecule has 0 saturated carbocycles.